The summed E-state index contributed by atoms with van der Waals surface area (Å²) in [5.41, 5.74) is 7.71. The van der Waals surface area contributed by atoms with Crippen LogP contribution in [0.5, 0.6) is 0 Å². The lowest BCUT2D eigenvalue weighted by molar-refractivity contribution is 0.0833. The summed E-state index contributed by atoms with van der Waals surface area (Å²) in [6, 6.07) is 4.34. The number of pyridine rings is 1. The fraction of sp³-hybridized carbons (Fsp3) is 0.467. The molecule has 6 heteroatoms. The van der Waals surface area contributed by atoms with E-state index in [2.05, 4.69) is 5.32 Å². The summed E-state index contributed by atoms with van der Waals surface area (Å²) in [6.07, 6.45) is 3.57. The molecule has 1 saturated heterocycles. The lowest BCUT2D eigenvalue weighted by atomic mass is 10.0. The minimum absolute atomic E-state index is 0.0622. The normalized spacial score (nSPS) is 18.9. The third kappa shape index (κ3) is 2.61. The predicted molar refractivity (Wildman–Crippen MR) is 86.6 cm³/mol. The van der Waals surface area contributed by atoms with Gasteiger partial charge in [0, 0.05) is 25.5 Å². The van der Waals surface area contributed by atoms with E-state index in [-0.39, 0.29) is 5.91 Å². The number of nitrogens with two attached hydrogens (primary N) is 1. The van der Waals surface area contributed by atoms with Gasteiger partial charge in [0.25, 0.3) is 5.91 Å². The summed E-state index contributed by atoms with van der Waals surface area (Å²) in [4.78, 5) is 19.8. The van der Waals surface area contributed by atoms with Gasteiger partial charge in [-0.1, -0.05) is 6.42 Å². The molecule has 1 aliphatic heterocycles. The number of nitrogens with zero attached hydrogens (tertiary/aromatic N) is 2. The van der Waals surface area contributed by atoms with Crippen LogP contribution in [0.1, 0.15) is 40.7 Å². The standard InChI is InChI=1S/C15H20N4OS/c1-19(2)15(20)13-12(16)9-6-7-11(18-14(9)21-13)10-5-3-4-8-17-10/h6-7,10,17H,3-5,8,16H2,1-2H3/t10-/m1/s1. The van der Waals surface area contributed by atoms with E-state index in [1.54, 1.807) is 19.0 Å². The highest BCUT2D eigenvalue weighted by atomic mass is 32.1. The van der Waals surface area contributed by atoms with E-state index >= 15 is 0 Å². The fourth-order valence-electron chi connectivity index (χ4n) is 2.67. The van der Waals surface area contributed by atoms with Crippen molar-refractivity contribution in [3.8, 4) is 0 Å². The van der Waals surface area contributed by atoms with Crippen LogP contribution in [0.15, 0.2) is 12.1 Å². The minimum atomic E-state index is -0.0622. The van der Waals surface area contributed by atoms with Crippen LogP contribution < -0.4 is 11.1 Å². The van der Waals surface area contributed by atoms with Crippen molar-refractivity contribution in [3.05, 3.63) is 22.7 Å². The second-order valence-corrected chi connectivity index (χ2v) is 6.63. The highest BCUT2D eigenvalue weighted by Gasteiger charge is 2.21. The topological polar surface area (TPSA) is 71.2 Å². The summed E-state index contributed by atoms with van der Waals surface area (Å²) >= 11 is 1.38. The molecule has 112 valence electrons. The molecule has 3 heterocycles. The molecule has 0 aliphatic carbocycles. The first kappa shape index (κ1) is 14.3. The fourth-order valence-corrected chi connectivity index (χ4v) is 3.79. The Labute approximate surface area is 128 Å². The molecule has 1 fully saturated rings. The zero-order chi connectivity index (χ0) is 15.0. The van der Waals surface area contributed by atoms with Crippen molar-refractivity contribution in [3.63, 3.8) is 0 Å². The second-order valence-electron chi connectivity index (χ2n) is 5.64. The monoisotopic (exact) mass is 304 g/mol. The van der Waals surface area contributed by atoms with Gasteiger partial charge in [0.2, 0.25) is 0 Å². The van der Waals surface area contributed by atoms with Gasteiger partial charge in [0.05, 0.1) is 11.4 Å². The lowest BCUT2D eigenvalue weighted by Gasteiger charge is -2.22. The molecule has 2 aromatic rings. The van der Waals surface area contributed by atoms with E-state index in [1.807, 2.05) is 12.1 Å². The van der Waals surface area contributed by atoms with Crippen LogP contribution in [-0.2, 0) is 0 Å². The van der Waals surface area contributed by atoms with Gasteiger partial charge in [-0.2, -0.15) is 0 Å². The smallest absolute Gasteiger partial charge is 0.265 e. The van der Waals surface area contributed by atoms with Crippen molar-refractivity contribution in [2.24, 2.45) is 0 Å². The maximum Gasteiger partial charge on any atom is 0.265 e. The van der Waals surface area contributed by atoms with Crippen LogP contribution >= 0.6 is 11.3 Å². The Balaban J connectivity index is 2.00. The molecular formula is C15H20N4OS. The zero-order valence-corrected chi connectivity index (χ0v) is 13.2. The summed E-state index contributed by atoms with van der Waals surface area (Å²) in [5, 5.41) is 4.38. The van der Waals surface area contributed by atoms with Crippen LogP contribution in [0.4, 0.5) is 5.69 Å². The average molecular weight is 304 g/mol. The molecule has 5 nitrogen and oxygen atoms in total. The number of anilines is 1. The molecule has 21 heavy (non-hydrogen) atoms. The average Bonchev–Trinajstić information content (AvgIpc) is 2.84. The number of fused-ring (bicyclic) bond motifs is 1. The SMILES string of the molecule is CN(C)C(=O)c1sc2nc([C@H]3CCCCN3)ccc2c1N. The van der Waals surface area contributed by atoms with Crippen molar-refractivity contribution in [1.29, 1.82) is 0 Å². The third-order valence-electron chi connectivity index (χ3n) is 3.88. The van der Waals surface area contributed by atoms with Gasteiger partial charge in [0.1, 0.15) is 9.71 Å². The molecule has 1 amide bonds. The summed E-state index contributed by atoms with van der Waals surface area (Å²) in [6.45, 7) is 1.04. The Hall–Kier alpha value is -1.66. The molecule has 0 bridgehead atoms. The molecule has 2 aromatic heterocycles. The van der Waals surface area contributed by atoms with Crippen LogP contribution in [0, 0.1) is 0 Å². The van der Waals surface area contributed by atoms with Crippen LogP contribution in [-0.4, -0.2) is 36.4 Å². The van der Waals surface area contributed by atoms with E-state index in [1.165, 1.54) is 24.2 Å². The maximum absolute atomic E-state index is 12.1. The number of hydrogen-bond acceptors (Lipinski definition) is 5. The maximum atomic E-state index is 12.1. The predicted octanol–water partition coefficient (Wildman–Crippen LogP) is 2.39. The molecule has 3 N–H and O–H groups in total. The lowest BCUT2D eigenvalue weighted by Crippen LogP contribution is -2.27. The number of hydrogen-bond donors (Lipinski definition) is 2. The molecular weight excluding hydrogens is 284 g/mol. The summed E-state index contributed by atoms with van der Waals surface area (Å²) < 4.78 is 0. The highest BCUT2D eigenvalue weighted by molar-refractivity contribution is 7.21. The van der Waals surface area contributed by atoms with Crippen molar-refractivity contribution in [2.45, 2.75) is 25.3 Å². The van der Waals surface area contributed by atoms with Crippen molar-refractivity contribution < 1.29 is 4.79 Å². The van der Waals surface area contributed by atoms with Gasteiger partial charge >= 0.3 is 0 Å². The first-order valence-corrected chi connectivity index (χ1v) is 8.03. The molecule has 0 saturated carbocycles. The largest absolute Gasteiger partial charge is 0.397 e. The van der Waals surface area contributed by atoms with E-state index in [9.17, 15) is 4.79 Å². The van der Waals surface area contributed by atoms with E-state index in [0.29, 0.717) is 16.6 Å². The third-order valence-corrected chi connectivity index (χ3v) is 4.99. The van der Waals surface area contributed by atoms with Gasteiger partial charge in [-0.25, -0.2) is 4.98 Å². The Morgan fingerprint density at radius 2 is 2.24 bits per heavy atom. The van der Waals surface area contributed by atoms with Gasteiger partial charge in [-0.05, 0) is 31.5 Å². The quantitative estimate of drug-likeness (QED) is 0.893. The van der Waals surface area contributed by atoms with Gasteiger partial charge < -0.3 is 16.0 Å². The number of carbonyl (C=O) groups is 1. The number of nitrogen functional groups attached to an aromatic ring is 1. The van der Waals surface area contributed by atoms with Gasteiger partial charge in [-0.15, -0.1) is 11.3 Å². The van der Waals surface area contributed by atoms with Crippen molar-refractivity contribution >= 4 is 33.1 Å². The minimum Gasteiger partial charge on any atom is -0.397 e. The van der Waals surface area contributed by atoms with Gasteiger partial charge in [-0.3, -0.25) is 4.79 Å². The van der Waals surface area contributed by atoms with E-state index in [4.69, 9.17) is 10.7 Å². The summed E-state index contributed by atoms with van der Waals surface area (Å²) in [5.74, 6) is -0.0622. The first-order chi connectivity index (χ1) is 10.1. The molecule has 0 unspecified atom stereocenters. The second kappa shape index (κ2) is 5.61. The number of carbonyl (C=O) groups excluding carboxylic acids is 1. The van der Waals surface area contributed by atoms with Crippen LogP contribution in [0.25, 0.3) is 10.2 Å². The molecule has 0 radical (unpaired) electrons. The Kier molecular flexibility index (Phi) is 3.82. The molecule has 3 rings (SSSR count). The Morgan fingerprint density at radius 3 is 2.90 bits per heavy atom. The zero-order valence-electron chi connectivity index (χ0n) is 12.3. The van der Waals surface area contributed by atoms with Crippen molar-refractivity contribution in [1.82, 2.24) is 15.2 Å². The Bertz CT molecular complexity index is 674. The number of nitrogens with one attached hydrogen (secondary N) is 1. The molecule has 1 aliphatic rings. The van der Waals surface area contributed by atoms with Crippen molar-refractivity contribution in [2.75, 3.05) is 26.4 Å². The van der Waals surface area contributed by atoms with Crippen LogP contribution in [0.3, 0.4) is 0 Å². The van der Waals surface area contributed by atoms with E-state index < -0.39 is 0 Å². The number of rotatable bonds is 2. The highest BCUT2D eigenvalue weighted by Crippen LogP contribution is 2.34. The van der Waals surface area contributed by atoms with Gasteiger partial charge in [0.15, 0.2) is 0 Å². The number of aromatic nitrogens is 1. The van der Waals surface area contributed by atoms with Crippen LogP contribution in [0.2, 0.25) is 0 Å². The number of thiophene rings is 1. The number of piperidine rings is 1. The van der Waals surface area contributed by atoms with E-state index in [0.717, 1.165) is 28.9 Å². The molecule has 0 aromatic carbocycles. The number of amides is 1. The summed E-state index contributed by atoms with van der Waals surface area (Å²) in [7, 11) is 3.47. The first-order valence-electron chi connectivity index (χ1n) is 7.22. The molecule has 1 atom stereocenters. The molecule has 0 spiro atoms. The Morgan fingerprint density at radius 1 is 1.43 bits per heavy atom.